The van der Waals surface area contributed by atoms with Crippen LogP contribution in [0, 0.1) is 3.57 Å². The molecule has 0 aliphatic heterocycles. The van der Waals surface area contributed by atoms with Gasteiger partial charge >= 0.3 is 0 Å². The molecule has 0 fully saturated rings. The highest BCUT2D eigenvalue weighted by molar-refractivity contribution is 14.1. The molecule has 2 aromatic heterocycles. The molecule has 0 saturated carbocycles. The van der Waals surface area contributed by atoms with Crippen molar-refractivity contribution in [2.45, 2.75) is 6.92 Å². The number of fused-ring (bicyclic) bond motifs is 1. The SMILES string of the molecule is CCOc1ccn2ncc(I)c2c1. The molecule has 2 heterocycles. The zero-order chi connectivity index (χ0) is 9.26. The van der Waals surface area contributed by atoms with Crippen molar-refractivity contribution in [3.8, 4) is 5.75 Å². The number of halogens is 1. The lowest BCUT2D eigenvalue weighted by Gasteiger charge is -2.02. The summed E-state index contributed by atoms with van der Waals surface area (Å²) in [6.07, 6.45) is 3.74. The third-order valence-electron chi connectivity index (χ3n) is 1.76. The Kier molecular flexibility index (Phi) is 2.39. The molecule has 0 saturated heterocycles. The van der Waals surface area contributed by atoms with Gasteiger partial charge in [-0.2, -0.15) is 5.10 Å². The van der Waals surface area contributed by atoms with Crippen LogP contribution in [0.4, 0.5) is 0 Å². The van der Waals surface area contributed by atoms with Crippen LogP contribution in [0.3, 0.4) is 0 Å². The fraction of sp³-hybridized carbons (Fsp3) is 0.222. The summed E-state index contributed by atoms with van der Waals surface area (Å²) in [6.45, 7) is 2.67. The van der Waals surface area contributed by atoms with Crippen LogP contribution in [0.2, 0.25) is 0 Å². The summed E-state index contributed by atoms with van der Waals surface area (Å²) >= 11 is 2.26. The van der Waals surface area contributed by atoms with E-state index in [9.17, 15) is 0 Å². The van der Waals surface area contributed by atoms with Gasteiger partial charge in [0.2, 0.25) is 0 Å². The van der Waals surface area contributed by atoms with E-state index in [-0.39, 0.29) is 0 Å². The lowest BCUT2D eigenvalue weighted by atomic mass is 10.4. The van der Waals surface area contributed by atoms with E-state index >= 15 is 0 Å². The summed E-state index contributed by atoms with van der Waals surface area (Å²) in [6, 6.07) is 3.91. The molecule has 0 radical (unpaired) electrons. The van der Waals surface area contributed by atoms with E-state index in [0.29, 0.717) is 6.61 Å². The minimum absolute atomic E-state index is 0.695. The fourth-order valence-corrected chi connectivity index (χ4v) is 1.72. The monoisotopic (exact) mass is 288 g/mol. The zero-order valence-electron chi connectivity index (χ0n) is 7.20. The molecule has 0 atom stereocenters. The molecule has 68 valence electrons. The molecule has 0 aliphatic rings. The van der Waals surface area contributed by atoms with Crippen molar-refractivity contribution in [1.29, 1.82) is 0 Å². The molecule has 13 heavy (non-hydrogen) atoms. The molecule has 3 nitrogen and oxygen atoms in total. The molecule has 0 N–H and O–H groups in total. The Morgan fingerprint density at radius 3 is 3.23 bits per heavy atom. The third kappa shape index (κ3) is 1.63. The van der Waals surface area contributed by atoms with Gasteiger partial charge in [-0.3, -0.25) is 0 Å². The average Bonchev–Trinajstić information content (AvgIpc) is 2.49. The number of nitrogens with zero attached hydrogens (tertiary/aromatic N) is 2. The predicted octanol–water partition coefficient (Wildman–Crippen LogP) is 2.34. The molecule has 2 rings (SSSR count). The second kappa shape index (κ2) is 3.53. The van der Waals surface area contributed by atoms with Gasteiger partial charge in [0.1, 0.15) is 5.75 Å². The second-order valence-electron chi connectivity index (χ2n) is 2.62. The van der Waals surface area contributed by atoms with Gasteiger partial charge in [0.15, 0.2) is 0 Å². The number of pyridine rings is 1. The Morgan fingerprint density at radius 2 is 2.46 bits per heavy atom. The van der Waals surface area contributed by atoms with Crippen LogP contribution in [0.15, 0.2) is 24.5 Å². The molecule has 4 heteroatoms. The normalized spacial score (nSPS) is 10.6. The topological polar surface area (TPSA) is 26.5 Å². The predicted molar refractivity (Wildman–Crippen MR) is 59.1 cm³/mol. The van der Waals surface area contributed by atoms with E-state index in [0.717, 1.165) is 14.8 Å². The smallest absolute Gasteiger partial charge is 0.123 e. The largest absolute Gasteiger partial charge is 0.494 e. The third-order valence-corrected chi connectivity index (χ3v) is 2.59. The molecule has 0 unspecified atom stereocenters. The average molecular weight is 288 g/mol. The van der Waals surface area contributed by atoms with Crippen LogP contribution >= 0.6 is 22.6 Å². The number of hydrogen-bond donors (Lipinski definition) is 0. The Morgan fingerprint density at radius 1 is 1.62 bits per heavy atom. The van der Waals surface area contributed by atoms with Crippen molar-refractivity contribution >= 4 is 28.1 Å². The van der Waals surface area contributed by atoms with Gasteiger partial charge in [0.25, 0.3) is 0 Å². The van der Waals surface area contributed by atoms with Gasteiger partial charge in [-0.05, 0) is 35.6 Å². The number of hydrogen-bond acceptors (Lipinski definition) is 2. The quantitative estimate of drug-likeness (QED) is 0.793. The number of rotatable bonds is 2. The van der Waals surface area contributed by atoms with E-state index < -0.39 is 0 Å². The lowest BCUT2D eigenvalue weighted by Crippen LogP contribution is -1.93. The summed E-state index contributed by atoms with van der Waals surface area (Å²) in [5.74, 6) is 0.897. The minimum atomic E-state index is 0.695. The lowest BCUT2D eigenvalue weighted by molar-refractivity contribution is 0.340. The van der Waals surface area contributed by atoms with Crippen molar-refractivity contribution in [2.24, 2.45) is 0 Å². The summed E-state index contributed by atoms with van der Waals surface area (Å²) in [7, 11) is 0. The van der Waals surface area contributed by atoms with Gasteiger partial charge in [0.05, 0.1) is 21.9 Å². The molecule has 2 aromatic rings. The van der Waals surface area contributed by atoms with E-state index in [1.54, 1.807) is 0 Å². The molecular formula is C9H9IN2O. The van der Waals surface area contributed by atoms with E-state index in [1.807, 2.05) is 36.0 Å². The first-order valence-electron chi connectivity index (χ1n) is 4.07. The molecule has 0 aliphatic carbocycles. The van der Waals surface area contributed by atoms with E-state index in [4.69, 9.17) is 4.74 Å². The fourth-order valence-electron chi connectivity index (χ4n) is 1.19. The van der Waals surface area contributed by atoms with Crippen molar-refractivity contribution in [3.05, 3.63) is 28.1 Å². The maximum Gasteiger partial charge on any atom is 0.123 e. The molecule has 0 aromatic carbocycles. The molecule has 0 bridgehead atoms. The summed E-state index contributed by atoms with van der Waals surface area (Å²) < 4.78 is 8.37. The summed E-state index contributed by atoms with van der Waals surface area (Å²) in [4.78, 5) is 0. The van der Waals surface area contributed by atoms with Gasteiger partial charge < -0.3 is 4.74 Å². The van der Waals surface area contributed by atoms with Crippen molar-refractivity contribution in [2.75, 3.05) is 6.61 Å². The maximum absolute atomic E-state index is 5.39. The van der Waals surface area contributed by atoms with Crippen LogP contribution in [0.25, 0.3) is 5.52 Å². The van der Waals surface area contributed by atoms with Crippen molar-refractivity contribution < 1.29 is 4.74 Å². The van der Waals surface area contributed by atoms with Crippen LogP contribution in [-0.4, -0.2) is 16.2 Å². The highest BCUT2D eigenvalue weighted by Gasteiger charge is 2.01. The second-order valence-corrected chi connectivity index (χ2v) is 3.78. The highest BCUT2D eigenvalue weighted by atomic mass is 127. The highest BCUT2D eigenvalue weighted by Crippen LogP contribution is 2.18. The Bertz CT molecular complexity index is 424. The molecule has 0 spiro atoms. The number of ether oxygens (including phenoxy) is 1. The standard InChI is InChI=1S/C9H9IN2O/c1-2-13-7-3-4-12-9(5-7)8(10)6-11-12/h3-6H,2H2,1H3. The molecule has 0 amide bonds. The van der Waals surface area contributed by atoms with Crippen LogP contribution < -0.4 is 4.74 Å². The minimum Gasteiger partial charge on any atom is -0.494 e. The van der Waals surface area contributed by atoms with Crippen LogP contribution in [0.1, 0.15) is 6.92 Å². The summed E-state index contributed by atoms with van der Waals surface area (Å²) in [5.41, 5.74) is 1.09. The number of aromatic nitrogens is 2. The summed E-state index contributed by atoms with van der Waals surface area (Å²) in [5, 5.41) is 4.17. The van der Waals surface area contributed by atoms with Crippen molar-refractivity contribution in [1.82, 2.24) is 9.61 Å². The zero-order valence-corrected chi connectivity index (χ0v) is 9.35. The Labute approximate surface area is 89.8 Å². The van der Waals surface area contributed by atoms with Gasteiger partial charge in [-0.1, -0.05) is 0 Å². The molecular weight excluding hydrogens is 279 g/mol. The first kappa shape index (κ1) is 8.80. The van der Waals surface area contributed by atoms with Crippen LogP contribution in [-0.2, 0) is 0 Å². The van der Waals surface area contributed by atoms with Gasteiger partial charge in [-0.25, -0.2) is 4.52 Å². The Hall–Kier alpha value is -0.780. The van der Waals surface area contributed by atoms with Crippen LogP contribution in [0.5, 0.6) is 5.75 Å². The van der Waals surface area contributed by atoms with Gasteiger partial charge in [0, 0.05) is 12.3 Å². The van der Waals surface area contributed by atoms with E-state index in [1.165, 1.54) is 0 Å². The maximum atomic E-state index is 5.39. The first-order chi connectivity index (χ1) is 6.31. The Balaban J connectivity index is 2.53. The van der Waals surface area contributed by atoms with Gasteiger partial charge in [-0.15, -0.1) is 0 Å². The van der Waals surface area contributed by atoms with Crippen molar-refractivity contribution in [3.63, 3.8) is 0 Å². The van der Waals surface area contributed by atoms with E-state index in [2.05, 4.69) is 27.7 Å². The first-order valence-corrected chi connectivity index (χ1v) is 5.15.